The number of amides is 1. The molecule has 1 fully saturated rings. The topological polar surface area (TPSA) is 67.6 Å². The van der Waals surface area contributed by atoms with Crippen LogP contribution in [0.1, 0.15) is 39.2 Å². The molecule has 1 amide bonds. The third-order valence-electron chi connectivity index (χ3n) is 3.72. The molecule has 0 aliphatic carbocycles. The molecule has 1 aliphatic heterocycles. The van der Waals surface area contributed by atoms with Gasteiger partial charge in [-0.1, -0.05) is 12.1 Å². The molecule has 0 radical (unpaired) electrons. The number of benzene rings is 1. The van der Waals surface area contributed by atoms with Crippen LogP contribution in [-0.4, -0.2) is 35.7 Å². The maximum absolute atomic E-state index is 12.0. The molecule has 0 saturated carbocycles. The van der Waals surface area contributed by atoms with E-state index in [0.717, 1.165) is 38.2 Å². The summed E-state index contributed by atoms with van der Waals surface area (Å²) in [5.41, 5.74) is 7.27. The van der Waals surface area contributed by atoms with Crippen molar-refractivity contribution in [1.82, 2.24) is 10.2 Å². The molecule has 1 heterocycles. The number of nitrogen functional groups attached to an aromatic ring is 1. The molecule has 0 bridgehead atoms. The third kappa shape index (κ3) is 5.22. The number of nitrogens with two attached hydrogens (primary N) is 1. The van der Waals surface area contributed by atoms with Gasteiger partial charge in [-0.25, -0.2) is 4.79 Å². The van der Waals surface area contributed by atoms with Crippen LogP contribution in [-0.2, 0) is 11.3 Å². The number of nitrogens with one attached hydrogen (secondary N) is 1. The predicted molar refractivity (Wildman–Crippen MR) is 88.5 cm³/mol. The Morgan fingerprint density at radius 2 is 1.86 bits per heavy atom. The summed E-state index contributed by atoms with van der Waals surface area (Å²) in [4.78, 5) is 13.8. The Bertz CT molecular complexity index is 486. The number of hydrogen-bond donors (Lipinski definition) is 2. The summed E-state index contributed by atoms with van der Waals surface area (Å²) < 4.78 is 5.41. The zero-order valence-corrected chi connectivity index (χ0v) is 13.8. The Morgan fingerprint density at radius 3 is 2.41 bits per heavy atom. The molecule has 1 saturated heterocycles. The van der Waals surface area contributed by atoms with E-state index >= 15 is 0 Å². The zero-order chi connectivity index (χ0) is 16.2. The molecule has 5 heteroatoms. The van der Waals surface area contributed by atoms with Crippen LogP contribution in [0.15, 0.2) is 24.3 Å². The highest BCUT2D eigenvalue weighted by Crippen LogP contribution is 2.16. The van der Waals surface area contributed by atoms with E-state index in [1.165, 1.54) is 5.56 Å². The van der Waals surface area contributed by atoms with Crippen LogP contribution in [0.3, 0.4) is 0 Å². The number of hydrogen-bond acceptors (Lipinski definition) is 4. The minimum atomic E-state index is -0.429. The lowest BCUT2D eigenvalue weighted by Gasteiger charge is -2.33. The van der Waals surface area contributed by atoms with Gasteiger partial charge in [-0.3, -0.25) is 0 Å². The first-order chi connectivity index (χ1) is 10.3. The van der Waals surface area contributed by atoms with E-state index < -0.39 is 5.60 Å². The van der Waals surface area contributed by atoms with Gasteiger partial charge >= 0.3 is 6.09 Å². The highest BCUT2D eigenvalue weighted by molar-refractivity contribution is 5.68. The largest absolute Gasteiger partial charge is 0.444 e. The molecule has 2 rings (SSSR count). The summed E-state index contributed by atoms with van der Waals surface area (Å²) in [5.74, 6) is 0. The molecule has 1 aliphatic rings. The van der Waals surface area contributed by atoms with E-state index in [0.29, 0.717) is 6.04 Å². The van der Waals surface area contributed by atoms with E-state index in [-0.39, 0.29) is 6.09 Å². The Labute approximate surface area is 132 Å². The van der Waals surface area contributed by atoms with Gasteiger partial charge in [0.05, 0.1) is 0 Å². The van der Waals surface area contributed by atoms with Crippen LogP contribution in [0.25, 0.3) is 0 Å². The highest BCUT2D eigenvalue weighted by atomic mass is 16.6. The molecule has 5 nitrogen and oxygen atoms in total. The number of likely N-dealkylation sites (tertiary alicyclic amines) is 1. The molecular formula is C17H27N3O2. The van der Waals surface area contributed by atoms with E-state index in [2.05, 4.69) is 5.32 Å². The summed E-state index contributed by atoms with van der Waals surface area (Å²) in [6, 6.07) is 8.36. The van der Waals surface area contributed by atoms with Gasteiger partial charge in [-0.05, 0) is 51.3 Å². The molecule has 0 atom stereocenters. The number of rotatable bonds is 3. The van der Waals surface area contributed by atoms with Gasteiger partial charge in [0.25, 0.3) is 0 Å². The van der Waals surface area contributed by atoms with Gasteiger partial charge in [-0.2, -0.15) is 0 Å². The summed E-state index contributed by atoms with van der Waals surface area (Å²) in [6.45, 7) is 8.00. The van der Waals surface area contributed by atoms with E-state index in [1.54, 1.807) is 4.90 Å². The fourth-order valence-electron chi connectivity index (χ4n) is 2.49. The average molecular weight is 305 g/mol. The van der Waals surface area contributed by atoms with E-state index in [4.69, 9.17) is 10.5 Å². The predicted octanol–water partition coefficient (Wildman–Crippen LogP) is 2.76. The van der Waals surface area contributed by atoms with Crippen molar-refractivity contribution < 1.29 is 9.53 Å². The maximum Gasteiger partial charge on any atom is 0.410 e. The van der Waals surface area contributed by atoms with Gasteiger partial charge < -0.3 is 20.7 Å². The van der Waals surface area contributed by atoms with Gasteiger partial charge in [0, 0.05) is 31.4 Å². The lowest BCUT2D eigenvalue weighted by molar-refractivity contribution is 0.0198. The Morgan fingerprint density at radius 1 is 1.27 bits per heavy atom. The number of carbonyl (C=O) groups excluding carboxylic acids is 1. The molecule has 3 N–H and O–H groups in total. The molecule has 0 unspecified atom stereocenters. The van der Waals surface area contributed by atoms with Crippen LogP contribution in [0.4, 0.5) is 10.5 Å². The lowest BCUT2D eigenvalue weighted by atomic mass is 10.0. The standard InChI is InChI=1S/C17H27N3O2/c1-17(2,3)22-16(21)20-10-8-15(9-11-20)19-12-13-4-6-14(18)7-5-13/h4-7,15,19H,8-12,18H2,1-3H3. The number of anilines is 1. The quantitative estimate of drug-likeness (QED) is 0.843. The molecule has 0 aromatic heterocycles. The van der Waals surface area contributed by atoms with Crippen molar-refractivity contribution in [2.75, 3.05) is 18.8 Å². The summed E-state index contributed by atoms with van der Waals surface area (Å²) >= 11 is 0. The first-order valence-electron chi connectivity index (χ1n) is 7.89. The molecule has 1 aromatic carbocycles. The van der Waals surface area contributed by atoms with Crippen molar-refractivity contribution in [2.45, 2.75) is 51.8 Å². The fourth-order valence-corrected chi connectivity index (χ4v) is 2.49. The van der Waals surface area contributed by atoms with Crippen molar-refractivity contribution in [3.63, 3.8) is 0 Å². The zero-order valence-electron chi connectivity index (χ0n) is 13.8. The van der Waals surface area contributed by atoms with Crippen molar-refractivity contribution in [1.29, 1.82) is 0 Å². The minimum absolute atomic E-state index is 0.204. The third-order valence-corrected chi connectivity index (χ3v) is 3.72. The number of piperidine rings is 1. The second-order valence-corrected chi connectivity index (χ2v) is 6.86. The minimum Gasteiger partial charge on any atom is -0.444 e. The fraction of sp³-hybridized carbons (Fsp3) is 0.588. The average Bonchev–Trinajstić information content (AvgIpc) is 2.45. The Hall–Kier alpha value is -1.75. The van der Waals surface area contributed by atoms with Crippen LogP contribution < -0.4 is 11.1 Å². The second-order valence-electron chi connectivity index (χ2n) is 6.86. The SMILES string of the molecule is CC(C)(C)OC(=O)N1CCC(NCc2ccc(N)cc2)CC1. The van der Waals surface area contributed by atoms with Crippen molar-refractivity contribution >= 4 is 11.8 Å². The molecule has 22 heavy (non-hydrogen) atoms. The van der Waals surface area contributed by atoms with Gasteiger partial charge in [0.15, 0.2) is 0 Å². The molecule has 122 valence electrons. The van der Waals surface area contributed by atoms with E-state index in [1.807, 2.05) is 45.0 Å². The lowest BCUT2D eigenvalue weighted by Crippen LogP contribution is -2.46. The van der Waals surface area contributed by atoms with Crippen LogP contribution >= 0.6 is 0 Å². The van der Waals surface area contributed by atoms with Gasteiger partial charge in [-0.15, -0.1) is 0 Å². The molecule has 1 aromatic rings. The molecule has 0 spiro atoms. The first kappa shape index (κ1) is 16.6. The Balaban J connectivity index is 1.73. The normalized spacial score (nSPS) is 16.6. The summed E-state index contributed by atoms with van der Waals surface area (Å²) in [6.07, 6.45) is 1.70. The number of nitrogens with zero attached hydrogens (tertiary/aromatic N) is 1. The smallest absolute Gasteiger partial charge is 0.410 e. The summed E-state index contributed by atoms with van der Waals surface area (Å²) in [7, 11) is 0. The van der Waals surface area contributed by atoms with Crippen molar-refractivity contribution in [3.8, 4) is 0 Å². The Kier molecular flexibility index (Phi) is 5.29. The van der Waals surface area contributed by atoms with Crippen LogP contribution in [0.2, 0.25) is 0 Å². The van der Waals surface area contributed by atoms with Crippen LogP contribution in [0.5, 0.6) is 0 Å². The second kappa shape index (κ2) is 7.01. The van der Waals surface area contributed by atoms with Gasteiger partial charge in [0.1, 0.15) is 5.60 Å². The number of ether oxygens (including phenoxy) is 1. The summed E-state index contributed by atoms with van der Waals surface area (Å²) in [5, 5.41) is 3.55. The van der Waals surface area contributed by atoms with E-state index in [9.17, 15) is 4.79 Å². The van der Waals surface area contributed by atoms with Crippen molar-refractivity contribution in [2.24, 2.45) is 0 Å². The maximum atomic E-state index is 12.0. The highest BCUT2D eigenvalue weighted by Gasteiger charge is 2.26. The van der Waals surface area contributed by atoms with Crippen LogP contribution in [0, 0.1) is 0 Å². The first-order valence-corrected chi connectivity index (χ1v) is 7.89. The number of carbonyl (C=O) groups is 1. The van der Waals surface area contributed by atoms with Crippen molar-refractivity contribution in [3.05, 3.63) is 29.8 Å². The molecular weight excluding hydrogens is 278 g/mol. The van der Waals surface area contributed by atoms with Gasteiger partial charge in [0.2, 0.25) is 0 Å². The monoisotopic (exact) mass is 305 g/mol.